The molecule has 0 saturated carbocycles. The average molecular weight is 552 g/mol. The van der Waals surface area contributed by atoms with Crippen LogP contribution in [0.2, 0.25) is 0 Å². The first-order valence-corrected chi connectivity index (χ1v) is 14.3. The largest absolute Gasteiger partial charge is 0.507 e. The second-order valence-electron chi connectivity index (χ2n) is 11.1. The minimum atomic E-state index is 0.148. The molecule has 2 aromatic heterocycles. The monoisotopic (exact) mass is 551 g/mol. The molecule has 6 aromatic rings. The molecule has 4 aromatic carbocycles. The van der Waals surface area contributed by atoms with E-state index in [-0.39, 0.29) is 17.6 Å². The van der Waals surface area contributed by atoms with Gasteiger partial charge in [0.05, 0.1) is 17.6 Å². The summed E-state index contributed by atoms with van der Waals surface area (Å²) in [4.78, 5) is 14.6. The summed E-state index contributed by atoms with van der Waals surface area (Å²) in [5.41, 5.74) is 6.57. The highest BCUT2D eigenvalue weighted by Crippen LogP contribution is 2.42. The summed E-state index contributed by atoms with van der Waals surface area (Å²) >= 11 is 0. The Bertz CT molecular complexity index is 1880. The van der Waals surface area contributed by atoms with Crippen molar-refractivity contribution >= 4 is 10.8 Å². The van der Waals surface area contributed by atoms with Gasteiger partial charge in [0.1, 0.15) is 17.2 Å². The second kappa shape index (κ2) is 11.5. The van der Waals surface area contributed by atoms with Gasteiger partial charge in [-0.25, -0.2) is 9.97 Å². The third-order valence-corrected chi connectivity index (χ3v) is 7.51. The van der Waals surface area contributed by atoms with Crippen molar-refractivity contribution < 1.29 is 9.84 Å². The molecule has 0 aliphatic heterocycles. The molecule has 0 saturated heterocycles. The lowest BCUT2D eigenvalue weighted by Gasteiger charge is -2.19. The molecule has 0 spiro atoms. The molecule has 0 unspecified atom stereocenters. The zero-order valence-corrected chi connectivity index (χ0v) is 24.2. The highest BCUT2D eigenvalue weighted by molar-refractivity contribution is 5.87. The number of nitrogens with zero attached hydrogens (tertiary/aromatic N) is 3. The maximum absolute atomic E-state index is 11.6. The summed E-state index contributed by atoms with van der Waals surface area (Å²) in [6, 6.07) is 31.9. The number of benzene rings is 4. The molecule has 0 bridgehead atoms. The van der Waals surface area contributed by atoms with Gasteiger partial charge in [0.2, 0.25) is 5.88 Å². The number of aromatic hydroxyl groups is 1. The Morgan fingerprint density at radius 1 is 0.690 bits per heavy atom. The van der Waals surface area contributed by atoms with Crippen LogP contribution >= 0.6 is 0 Å². The van der Waals surface area contributed by atoms with Crippen LogP contribution in [0.5, 0.6) is 17.4 Å². The van der Waals surface area contributed by atoms with Crippen LogP contribution in [0.4, 0.5) is 0 Å². The SMILES string of the molecule is CC(C)c1cc(-c2nc(-c3cccc(Oc4nccc5ccccc45)c3)cnc2-c2ccccc2)c(O)c(C(C)C)c1. The van der Waals surface area contributed by atoms with E-state index in [1.54, 1.807) is 12.4 Å². The van der Waals surface area contributed by atoms with Crippen molar-refractivity contribution in [1.82, 2.24) is 15.0 Å². The Kier molecular flexibility index (Phi) is 7.41. The topological polar surface area (TPSA) is 68.1 Å². The fraction of sp³-hybridized carbons (Fsp3) is 0.162. The molecule has 5 nitrogen and oxygen atoms in total. The number of phenolic OH excluding ortho intramolecular Hbond substituents is 1. The van der Waals surface area contributed by atoms with E-state index in [1.165, 1.54) is 0 Å². The van der Waals surface area contributed by atoms with Crippen LogP contribution in [0.15, 0.2) is 109 Å². The fourth-order valence-electron chi connectivity index (χ4n) is 5.16. The predicted molar refractivity (Wildman–Crippen MR) is 170 cm³/mol. The van der Waals surface area contributed by atoms with Crippen LogP contribution in [0.25, 0.3) is 44.5 Å². The molecule has 0 aliphatic carbocycles. The van der Waals surface area contributed by atoms with Crippen molar-refractivity contribution in [3.63, 3.8) is 0 Å². The number of ether oxygens (including phenoxy) is 1. The molecule has 0 radical (unpaired) electrons. The Hall–Kier alpha value is -5.03. The first kappa shape index (κ1) is 27.2. The van der Waals surface area contributed by atoms with Gasteiger partial charge in [0, 0.05) is 28.3 Å². The van der Waals surface area contributed by atoms with Gasteiger partial charge in [-0.15, -0.1) is 0 Å². The summed E-state index contributed by atoms with van der Waals surface area (Å²) in [7, 11) is 0. The zero-order valence-electron chi connectivity index (χ0n) is 24.2. The molecule has 208 valence electrons. The quantitative estimate of drug-likeness (QED) is 0.214. The molecule has 0 aliphatic rings. The Labute approximate surface area is 246 Å². The Morgan fingerprint density at radius 3 is 2.24 bits per heavy atom. The maximum Gasteiger partial charge on any atom is 0.227 e. The van der Waals surface area contributed by atoms with Crippen LogP contribution < -0.4 is 4.74 Å². The molecule has 0 fully saturated rings. The third-order valence-electron chi connectivity index (χ3n) is 7.51. The van der Waals surface area contributed by atoms with E-state index in [0.717, 1.165) is 38.7 Å². The number of rotatable bonds is 7. The predicted octanol–water partition coefficient (Wildman–Crippen LogP) is 9.77. The maximum atomic E-state index is 11.6. The van der Waals surface area contributed by atoms with E-state index in [4.69, 9.17) is 14.7 Å². The second-order valence-corrected chi connectivity index (χ2v) is 11.1. The zero-order chi connectivity index (χ0) is 29.2. The normalized spacial score (nSPS) is 11.4. The number of hydrogen-bond acceptors (Lipinski definition) is 5. The highest BCUT2D eigenvalue weighted by atomic mass is 16.5. The van der Waals surface area contributed by atoms with Crippen LogP contribution in [-0.2, 0) is 0 Å². The molecular weight excluding hydrogens is 518 g/mol. The molecule has 5 heteroatoms. The van der Waals surface area contributed by atoms with E-state index in [0.29, 0.717) is 28.6 Å². The molecular formula is C37H33N3O2. The van der Waals surface area contributed by atoms with Crippen LogP contribution in [0.1, 0.15) is 50.7 Å². The lowest BCUT2D eigenvalue weighted by Crippen LogP contribution is -2.01. The van der Waals surface area contributed by atoms with Crippen LogP contribution in [0, 0.1) is 0 Å². The first-order chi connectivity index (χ1) is 20.4. The van der Waals surface area contributed by atoms with Crippen molar-refractivity contribution in [2.45, 2.75) is 39.5 Å². The number of phenols is 1. The van der Waals surface area contributed by atoms with Gasteiger partial charge < -0.3 is 9.84 Å². The van der Waals surface area contributed by atoms with Gasteiger partial charge in [-0.05, 0) is 58.7 Å². The smallest absolute Gasteiger partial charge is 0.227 e. The van der Waals surface area contributed by atoms with Crippen molar-refractivity contribution in [2.24, 2.45) is 0 Å². The fourth-order valence-corrected chi connectivity index (χ4v) is 5.16. The molecule has 42 heavy (non-hydrogen) atoms. The number of pyridine rings is 1. The summed E-state index contributed by atoms with van der Waals surface area (Å²) in [5, 5.41) is 13.6. The van der Waals surface area contributed by atoms with Gasteiger partial charge in [-0.1, -0.05) is 94.4 Å². The van der Waals surface area contributed by atoms with Gasteiger partial charge >= 0.3 is 0 Å². The average Bonchev–Trinajstić information content (AvgIpc) is 3.01. The van der Waals surface area contributed by atoms with Crippen LogP contribution in [0.3, 0.4) is 0 Å². The molecule has 0 amide bonds. The van der Waals surface area contributed by atoms with E-state index in [9.17, 15) is 5.11 Å². The van der Waals surface area contributed by atoms with E-state index in [2.05, 4.69) is 44.8 Å². The van der Waals surface area contributed by atoms with Gasteiger partial charge in [0.25, 0.3) is 0 Å². The van der Waals surface area contributed by atoms with Crippen molar-refractivity contribution in [3.8, 4) is 51.2 Å². The molecule has 0 atom stereocenters. The molecule has 6 rings (SSSR count). The van der Waals surface area contributed by atoms with Gasteiger partial charge in [-0.2, -0.15) is 0 Å². The summed E-state index contributed by atoms with van der Waals surface area (Å²) in [6.07, 6.45) is 3.54. The standard InChI is InChI=1S/C37H33N3O2/c1-23(2)28-20-31(24(3)4)36(41)32(21-28)35-34(26-12-6-5-7-13-26)39-22-33(40-35)27-14-10-15-29(19-27)42-37-30-16-9-8-11-25(30)17-18-38-37/h5-24,41H,1-4H3. The lowest BCUT2D eigenvalue weighted by molar-refractivity contribution is 0.466. The lowest BCUT2D eigenvalue weighted by atomic mass is 9.90. The third kappa shape index (κ3) is 5.34. The number of hydrogen-bond donors (Lipinski definition) is 1. The van der Waals surface area contributed by atoms with E-state index < -0.39 is 0 Å². The molecule has 2 heterocycles. The van der Waals surface area contributed by atoms with Crippen LogP contribution in [-0.4, -0.2) is 20.1 Å². The number of aromatic nitrogens is 3. The van der Waals surface area contributed by atoms with Gasteiger partial charge in [0.15, 0.2) is 0 Å². The summed E-state index contributed by atoms with van der Waals surface area (Å²) in [6.45, 7) is 8.52. The minimum absolute atomic E-state index is 0.148. The van der Waals surface area contributed by atoms with Crippen molar-refractivity contribution in [1.29, 1.82) is 0 Å². The summed E-state index contributed by atoms with van der Waals surface area (Å²) < 4.78 is 6.27. The number of fused-ring (bicyclic) bond motifs is 1. The molecule has 1 N–H and O–H groups in total. The Balaban J connectivity index is 1.49. The Morgan fingerprint density at radius 2 is 1.45 bits per heavy atom. The van der Waals surface area contributed by atoms with Crippen molar-refractivity contribution in [3.05, 3.63) is 121 Å². The summed E-state index contributed by atoms with van der Waals surface area (Å²) in [5.74, 6) is 1.88. The van der Waals surface area contributed by atoms with E-state index >= 15 is 0 Å². The minimum Gasteiger partial charge on any atom is -0.507 e. The van der Waals surface area contributed by atoms with Gasteiger partial charge in [-0.3, -0.25) is 4.98 Å². The van der Waals surface area contributed by atoms with Crippen molar-refractivity contribution in [2.75, 3.05) is 0 Å². The van der Waals surface area contributed by atoms with E-state index in [1.807, 2.05) is 84.9 Å². The first-order valence-electron chi connectivity index (χ1n) is 14.3. The highest BCUT2D eigenvalue weighted by Gasteiger charge is 2.21.